The summed E-state index contributed by atoms with van der Waals surface area (Å²) in [6.07, 6.45) is 0.648. The third-order valence-corrected chi connectivity index (χ3v) is 9.68. The molecule has 0 spiro atoms. The number of aromatic nitrogens is 2. The number of ketones is 1. The SMILES string of the molecule is CC(C)C[C@H](NC(=O)[C@H](Cc1c[nH]cn1)NC(=O)[C@@H](Cc1cccc2ccccc12)NC(=O)OCc1ccccc1)[C@@H](O)CC(=O)OCC(=O)c1ccc(Br)cc1. The van der Waals surface area contributed by atoms with Crippen LogP contribution in [0.2, 0.25) is 0 Å². The summed E-state index contributed by atoms with van der Waals surface area (Å²) >= 11 is 3.31. The van der Waals surface area contributed by atoms with E-state index < -0.39 is 66.9 Å². The lowest BCUT2D eigenvalue weighted by molar-refractivity contribution is -0.145. The van der Waals surface area contributed by atoms with Gasteiger partial charge in [-0.2, -0.15) is 0 Å². The van der Waals surface area contributed by atoms with Crippen molar-refractivity contribution in [3.05, 3.63) is 136 Å². The van der Waals surface area contributed by atoms with Gasteiger partial charge in [-0.1, -0.05) is 115 Å². The fraction of sp³-hybridized carbons (Fsp3) is 0.302. The Labute approximate surface area is 339 Å². The molecule has 0 aliphatic carbocycles. The second-order valence-electron chi connectivity index (χ2n) is 14.0. The zero-order valence-electron chi connectivity index (χ0n) is 31.7. The molecule has 1 aromatic heterocycles. The quantitative estimate of drug-likeness (QED) is 0.0521. The minimum absolute atomic E-state index is 0.0180. The van der Waals surface area contributed by atoms with Gasteiger partial charge in [-0.3, -0.25) is 19.2 Å². The van der Waals surface area contributed by atoms with Crippen LogP contribution in [0.3, 0.4) is 0 Å². The highest BCUT2D eigenvalue weighted by atomic mass is 79.9. The van der Waals surface area contributed by atoms with Crippen molar-refractivity contribution in [3.63, 3.8) is 0 Å². The minimum Gasteiger partial charge on any atom is -0.457 e. The van der Waals surface area contributed by atoms with Gasteiger partial charge in [-0.15, -0.1) is 0 Å². The van der Waals surface area contributed by atoms with E-state index in [4.69, 9.17) is 9.47 Å². The van der Waals surface area contributed by atoms with E-state index in [-0.39, 0.29) is 31.8 Å². The number of esters is 1. The van der Waals surface area contributed by atoms with E-state index in [9.17, 15) is 29.1 Å². The molecule has 3 amide bonds. The summed E-state index contributed by atoms with van der Waals surface area (Å²) in [4.78, 5) is 73.8. The number of hydrogen-bond acceptors (Lipinski definition) is 9. The topological polar surface area (TPSA) is 189 Å². The molecule has 5 rings (SSSR count). The van der Waals surface area contributed by atoms with Crippen molar-refractivity contribution in [2.45, 2.75) is 70.4 Å². The summed E-state index contributed by atoms with van der Waals surface area (Å²) in [6, 6.07) is 25.8. The number of alkyl carbamates (subject to hydrolysis) is 1. The van der Waals surface area contributed by atoms with Gasteiger partial charge in [0.2, 0.25) is 11.8 Å². The lowest BCUT2D eigenvalue weighted by Gasteiger charge is -2.28. The summed E-state index contributed by atoms with van der Waals surface area (Å²) < 4.78 is 11.4. The number of halogens is 1. The van der Waals surface area contributed by atoms with E-state index in [1.54, 1.807) is 30.5 Å². The monoisotopic (exact) mass is 839 g/mol. The predicted molar refractivity (Wildman–Crippen MR) is 217 cm³/mol. The Hall–Kier alpha value is -5.86. The molecule has 14 heteroatoms. The van der Waals surface area contributed by atoms with Crippen molar-refractivity contribution in [2.75, 3.05) is 6.61 Å². The Bertz CT molecular complexity index is 2110. The van der Waals surface area contributed by atoms with Gasteiger partial charge >= 0.3 is 12.1 Å². The molecule has 0 fully saturated rings. The fourth-order valence-corrected chi connectivity index (χ4v) is 6.50. The highest BCUT2D eigenvalue weighted by Gasteiger charge is 2.32. The number of Topliss-reactive ketones (excluding diaryl/α,β-unsaturated/α-hetero) is 1. The van der Waals surface area contributed by atoms with Crippen molar-refractivity contribution >= 4 is 56.4 Å². The van der Waals surface area contributed by atoms with E-state index in [1.807, 2.05) is 86.6 Å². The molecule has 0 aliphatic rings. The number of aliphatic hydroxyl groups is 1. The minimum atomic E-state index is -1.38. The molecule has 0 unspecified atom stereocenters. The standard InChI is InChI=1S/C43H46BrN5O8/c1-27(2)19-35(38(50)22-40(52)56-25-39(51)30-15-17-32(44)18-16-30)47-42(54)37(21-33-23-45-26-46-33)48-41(53)36(49-43(55)57-24-28-9-4-3-5-10-28)20-31-13-8-12-29-11-6-7-14-34(29)31/h3-18,23,26-27,35-38,50H,19-22,24-25H2,1-2H3,(H,45,46)(H,47,54)(H,48,53)(H,49,55)/t35-,36+,37-,38-/m0/s1. The number of fused-ring (bicyclic) bond motifs is 1. The van der Waals surface area contributed by atoms with E-state index >= 15 is 0 Å². The van der Waals surface area contributed by atoms with Crippen LogP contribution in [0.15, 0.2) is 114 Å². The van der Waals surface area contributed by atoms with Gasteiger partial charge in [0.15, 0.2) is 12.4 Å². The van der Waals surface area contributed by atoms with Crippen molar-refractivity contribution in [3.8, 4) is 0 Å². The maximum atomic E-state index is 14.2. The number of carbonyl (C=O) groups excluding carboxylic acids is 5. The molecule has 4 atom stereocenters. The Morgan fingerprint density at radius 2 is 1.47 bits per heavy atom. The van der Waals surface area contributed by atoms with Gasteiger partial charge in [0, 0.05) is 29.1 Å². The first-order valence-corrected chi connectivity index (χ1v) is 19.4. The second kappa shape index (κ2) is 20.9. The van der Waals surface area contributed by atoms with Gasteiger partial charge < -0.3 is 35.5 Å². The van der Waals surface area contributed by atoms with Gasteiger partial charge in [-0.05, 0) is 46.4 Å². The summed E-state index contributed by atoms with van der Waals surface area (Å²) in [7, 11) is 0. The average molecular weight is 841 g/mol. The summed E-state index contributed by atoms with van der Waals surface area (Å²) in [6.45, 7) is 3.25. The van der Waals surface area contributed by atoms with Crippen LogP contribution >= 0.6 is 15.9 Å². The fourth-order valence-electron chi connectivity index (χ4n) is 6.24. The van der Waals surface area contributed by atoms with Crippen molar-refractivity contribution in [1.29, 1.82) is 0 Å². The van der Waals surface area contributed by atoms with Crippen molar-refractivity contribution in [2.24, 2.45) is 5.92 Å². The smallest absolute Gasteiger partial charge is 0.408 e. The van der Waals surface area contributed by atoms with Crippen molar-refractivity contribution < 1.29 is 38.6 Å². The van der Waals surface area contributed by atoms with Crippen LogP contribution in [0.1, 0.15) is 53.9 Å². The third-order valence-electron chi connectivity index (χ3n) is 9.15. The zero-order valence-corrected chi connectivity index (χ0v) is 33.2. The third kappa shape index (κ3) is 13.1. The number of H-pyrrole nitrogens is 1. The first-order chi connectivity index (χ1) is 27.4. The maximum Gasteiger partial charge on any atom is 0.408 e. The molecule has 0 saturated heterocycles. The van der Waals surface area contributed by atoms with E-state index in [0.29, 0.717) is 11.3 Å². The number of nitrogens with zero attached hydrogens (tertiary/aromatic N) is 1. The summed E-state index contributed by atoms with van der Waals surface area (Å²) in [5.74, 6) is -2.55. The van der Waals surface area contributed by atoms with Gasteiger partial charge in [0.25, 0.3) is 0 Å². The Balaban J connectivity index is 1.31. The first-order valence-electron chi connectivity index (χ1n) is 18.6. The van der Waals surface area contributed by atoms with Gasteiger partial charge in [0.05, 0.1) is 30.6 Å². The van der Waals surface area contributed by atoms with Gasteiger partial charge in [-0.25, -0.2) is 9.78 Å². The molecular formula is C43H46BrN5O8. The van der Waals surface area contributed by atoms with Crippen LogP contribution in [0, 0.1) is 5.92 Å². The zero-order chi connectivity index (χ0) is 40.7. The molecule has 0 radical (unpaired) electrons. The van der Waals surface area contributed by atoms with Crippen LogP contribution in [-0.2, 0) is 43.3 Å². The van der Waals surface area contributed by atoms with Crippen molar-refractivity contribution in [1.82, 2.24) is 25.9 Å². The molecule has 5 N–H and O–H groups in total. The van der Waals surface area contributed by atoms with E-state index in [0.717, 1.165) is 26.4 Å². The first kappa shape index (κ1) is 42.3. The number of aliphatic hydroxyl groups excluding tert-OH is 1. The number of ether oxygens (including phenoxy) is 2. The van der Waals surface area contributed by atoms with Crippen LogP contribution in [0.5, 0.6) is 0 Å². The molecule has 298 valence electrons. The number of rotatable bonds is 19. The molecule has 0 saturated carbocycles. The number of hydrogen-bond donors (Lipinski definition) is 5. The molecule has 1 heterocycles. The largest absolute Gasteiger partial charge is 0.457 e. The summed E-state index contributed by atoms with van der Waals surface area (Å²) in [5, 5.41) is 21.4. The molecule has 0 bridgehead atoms. The normalized spacial score (nSPS) is 13.2. The van der Waals surface area contributed by atoms with Crippen LogP contribution < -0.4 is 16.0 Å². The Kier molecular flexibility index (Phi) is 15.5. The molecule has 0 aliphatic heterocycles. The Morgan fingerprint density at radius 3 is 2.19 bits per heavy atom. The number of benzene rings is 4. The van der Waals surface area contributed by atoms with E-state index in [2.05, 4.69) is 41.8 Å². The van der Waals surface area contributed by atoms with Crippen LogP contribution in [0.4, 0.5) is 4.79 Å². The lowest BCUT2D eigenvalue weighted by atomic mass is 9.96. The number of imidazole rings is 1. The molecule has 57 heavy (non-hydrogen) atoms. The van der Waals surface area contributed by atoms with Crippen LogP contribution in [0.25, 0.3) is 10.8 Å². The number of nitrogens with one attached hydrogen (secondary N) is 4. The average Bonchev–Trinajstić information content (AvgIpc) is 3.72. The molecule has 5 aromatic rings. The molecule has 4 aromatic carbocycles. The second-order valence-corrected chi connectivity index (χ2v) is 14.9. The van der Waals surface area contributed by atoms with Crippen LogP contribution in [-0.4, -0.2) is 75.6 Å². The highest BCUT2D eigenvalue weighted by Crippen LogP contribution is 2.21. The predicted octanol–water partition coefficient (Wildman–Crippen LogP) is 5.60. The Morgan fingerprint density at radius 1 is 0.789 bits per heavy atom. The maximum absolute atomic E-state index is 14.2. The van der Waals surface area contributed by atoms with E-state index in [1.165, 1.54) is 6.33 Å². The molecule has 13 nitrogen and oxygen atoms in total. The summed E-state index contributed by atoms with van der Waals surface area (Å²) in [5.41, 5.74) is 2.38. The lowest BCUT2D eigenvalue weighted by Crippen LogP contribution is -2.57. The number of aromatic amines is 1. The number of amides is 3. The molecular weight excluding hydrogens is 794 g/mol. The highest BCUT2D eigenvalue weighted by molar-refractivity contribution is 9.10. The number of carbonyl (C=O) groups is 5. The van der Waals surface area contributed by atoms with Gasteiger partial charge in [0.1, 0.15) is 18.7 Å².